The first-order chi connectivity index (χ1) is 5.77. The number of carbonyl (C=O) groups is 3. The van der Waals surface area contributed by atoms with Crippen LogP contribution < -0.4 is 0 Å². The maximum absolute atomic E-state index is 9.87. The van der Waals surface area contributed by atoms with E-state index < -0.39 is 18.4 Å². The van der Waals surface area contributed by atoms with Crippen LogP contribution >= 0.6 is 12.6 Å². The Morgan fingerprint density at radius 2 is 1.62 bits per heavy atom. The van der Waals surface area contributed by atoms with Gasteiger partial charge in [0.2, 0.25) is 0 Å². The molecule has 0 aromatic carbocycles. The zero-order chi connectivity index (χ0) is 11.0. The molecule has 0 aliphatic heterocycles. The average molecular weight is 206 g/mol. The van der Waals surface area contributed by atoms with E-state index in [4.69, 9.17) is 10.2 Å². The first-order valence-corrected chi connectivity index (χ1v) is 3.54. The molecule has 0 atom stereocenters. The number of hydrogen-bond acceptors (Lipinski definition) is 3. The topological polar surface area (TPSA) is 91.7 Å². The highest BCUT2D eigenvalue weighted by atomic mass is 32.1. The molecule has 2 N–H and O–H groups in total. The van der Waals surface area contributed by atoms with Gasteiger partial charge >= 0.3 is 11.9 Å². The van der Waals surface area contributed by atoms with Gasteiger partial charge in [-0.05, 0) is 0 Å². The van der Waals surface area contributed by atoms with E-state index in [0.717, 1.165) is 0 Å². The maximum atomic E-state index is 9.87. The minimum atomic E-state index is -1.27. The second-order valence-electron chi connectivity index (χ2n) is 2.00. The summed E-state index contributed by atoms with van der Waals surface area (Å²) in [4.78, 5) is 29.0. The van der Waals surface area contributed by atoms with Crippen molar-refractivity contribution in [2.24, 2.45) is 0 Å². The second kappa shape index (κ2) is 7.35. The molecule has 6 heteroatoms. The molecule has 0 saturated heterocycles. The Morgan fingerprint density at radius 3 is 1.69 bits per heavy atom. The highest BCUT2D eigenvalue weighted by Crippen LogP contribution is 1.95. The standard InChI is InChI=1S/C5H6O4.C2H4OS/c1-3(5(8)9)2-4(6)7;1-2(3)4/h1-2H2,(H,6,7)(H,8,9);1H3,(H,3,4). The Hall–Kier alpha value is -1.30. The van der Waals surface area contributed by atoms with Gasteiger partial charge in [-0.25, -0.2) is 4.79 Å². The molecule has 0 amide bonds. The van der Waals surface area contributed by atoms with Gasteiger partial charge in [0.1, 0.15) is 0 Å². The molecule has 74 valence electrons. The molecular formula is C7H10O5S. The molecule has 0 fully saturated rings. The van der Waals surface area contributed by atoms with Crippen LogP contribution in [0.5, 0.6) is 0 Å². The number of hydrogen-bond donors (Lipinski definition) is 3. The Balaban J connectivity index is 0. The molecule has 0 unspecified atom stereocenters. The monoisotopic (exact) mass is 206 g/mol. The maximum Gasteiger partial charge on any atom is 0.331 e. The SMILES string of the molecule is C=C(CC(=O)O)C(=O)O.CC(=O)S. The Morgan fingerprint density at radius 1 is 1.31 bits per heavy atom. The van der Waals surface area contributed by atoms with Crippen LogP contribution in [0.3, 0.4) is 0 Å². The quantitative estimate of drug-likeness (QED) is 0.463. The number of aliphatic carboxylic acids is 2. The summed E-state index contributed by atoms with van der Waals surface area (Å²) in [6.07, 6.45) is -0.505. The molecule has 0 heterocycles. The summed E-state index contributed by atoms with van der Waals surface area (Å²) >= 11 is 3.33. The molecule has 0 bridgehead atoms. The molecule has 0 rings (SSSR count). The summed E-state index contributed by atoms with van der Waals surface area (Å²) in [5.41, 5.74) is -0.303. The van der Waals surface area contributed by atoms with Crippen LogP contribution in [-0.2, 0) is 14.4 Å². The van der Waals surface area contributed by atoms with Crippen molar-refractivity contribution in [2.45, 2.75) is 13.3 Å². The molecule has 0 spiro atoms. The number of carboxylic acids is 2. The number of carboxylic acid groups (broad SMARTS) is 2. The average Bonchev–Trinajstić information content (AvgIpc) is 1.83. The molecule has 0 aromatic rings. The highest BCUT2D eigenvalue weighted by Gasteiger charge is 2.07. The van der Waals surface area contributed by atoms with Crippen LogP contribution in [0.25, 0.3) is 0 Å². The van der Waals surface area contributed by atoms with Crippen molar-refractivity contribution in [1.82, 2.24) is 0 Å². The predicted octanol–water partition coefficient (Wildman–Crippen LogP) is 0.565. The molecule has 0 saturated carbocycles. The van der Waals surface area contributed by atoms with Gasteiger partial charge in [-0.3, -0.25) is 9.59 Å². The van der Waals surface area contributed by atoms with E-state index in [2.05, 4.69) is 19.2 Å². The van der Waals surface area contributed by atoms with E-state index in [1.807, 2.05) is 0 Å². The number of carbonyl (C=O) groups excluding carboxylic acids is 1. The van der Waals surface area contributed by atoms with Gasteiger partial charge in [0.05, 0.1) is 6.42 Å². The largest absolute Gasteiger partial charge is 0.481 e. The fraction of sp³-hybridized carbons (Fsp3) is 0.286. The van der Waals surface area contributed by atoms with Crippen molar-refractivity contribution in [3.63, 3.8) is 0 Å². The molecular weight excluding hydrogens is 196 g/mol. The first-order valence-electron chi connectivity index (χ1n) is 3.09. The Kier molecular flexibility index (Phi) is 8.05. The third-order valence-electron chi connectivity index (χ3n) is 0.667. The van der Waals surface area contributed by atoms with E-state index in [0.29, 0.717) is 0 Å². The van der Waals surface area contributed by atoms with Gasteiger partial charge in [-0.1, -0.05) is 6.58 Å². The van der Waals surface area contributed by atoms with Crippen LogP contribution in [0.15, 0.2) is 12.2 Å². The summed E-state index contributed by atoms with van der Waals surface area (Å²) < 4.78 is 0. The predicted molar refractivity (Wildman–Crippen MR) is 48.7 cm³/mol. The van der Waals surface area contributed by atoms with Crippen LogP contribution in [-0.4, -0.2) is 27.3 Å². The Labute approximate surface area is 80.5 Å². The lowest BCUT2D eigenvalue weighted by atomic mass is 10.2. The van der Waals surface area contributed by atoms with Gasteiger partial charge < -0.3 is 10.2 Å². The van der Waals surface area contributed by atoms with Crippen molar-refractivity contribution in [1.29, 1.82) is 0 Å². The molecule has 0 radical (unpaired) electrons. The number of thiol groups is 1. The van der Waals surface area contributed by atoms with Gasteiger partial charge in [0.15, 0.2) is 5.12 Å². The Bertz CT molecular complexity index is 229. The fourth-order valence-corrected chi connectivity index (χ4v) is 0.258. The normalized spacial score (nSPS) is 7.85. The zero-order valence-electron chi connectivity index (χ0n) is 6.98. The highest BCUT2D eigenvalue weighted by molar-refractivity contribution is 7.96. The summed E-state index contributed by atoms with van der Waals surface area (Å²) in [5.74, 6) is -2.44. The minimum Gasteiger partial charge on any atom is -0.481 e. The van der Waals surface area contributed by atoms with Crippen molar-refractivity contribution in [3.8, 4) is 0 Å². The third-order valence-corrected chi connectivity index (χ3v) is 0.667. The van der Waals surface area contributed by atoms with E-state index in [-0.39, 0.29) is 10.7 Å². The van der Waals surface area contributed by atoms with Crippen molar-refractivity contribution in [2.75, 3.05) is 0 Å². The molecule has 0 aliphatic carbocycles. The molecule has 0 aromatic heterocycles. The van der Waals surface area contributed by atoms with Crippen LogP contribution in [0, 0.1) is 0 Å². The van der Waals surface area contributed by atoms with E-state index in [1.54, 1.807) is 0 Å². The molecule has 13 heavy (non-hydrogen) atoms. The lowest BCUT2D eigenvalue weighted by molar-refractivity contribution is -0.139. The summed E-state index contributed by atoms with van der Waals surface area (Å²) in [6, 6.07) is 0. The van der Waals surface area contributed by atoms with Crippen LogP contribution in [0.2, 0.25) is 0 Å². The van der Waals surface area contributed by atoms with Crippen molar-refractivity contribution in [3.05, 3.63) is 12.2 Å². The lowest BCUT2D eigenvalue weighted by Crippen LogP contribution is -2.04. The number of rotatable bonds is 3. The minimum absolute atomic E-state index is 0.139. The van der Waals surface area contributed by atoms with E-state index in [1.165, 1.54) is 6.92 Å². The zero-order valence-corrected chi connectivity index (χ0v) is 7.88. The smallest absolute Gasteiger partial charge is 0.331 e. The van der Waals surface area contributed by atoms with Crippen molar-refractivity contribution < 1.29 is 24.6 Å². The van der Waals surface area contributed by atoms with Crippen LogP contribution in [0.1, 0.15) is 13.3 Å². The van der Waals surface area contributed by atoms with Crippen molar-refractivity contribution >= 4 is 29.7 Å². The van der Waals surface area contributed by atoms with E-state index >= 15 is 0 Å². The summed E-state index contributed by atoms with van der Waals surface area (Å²) in [6.45, 7) is 4.41. The van der Waals surface area contributed by atoms with Gasteiger partial charge in [0.25, 0.3) is 0 Å². The van der Waals surface area contributed by atoms with Gasteiger partial charge in [-0.15, -0.1) is 12.6 Å². The van der Waals surface area contributed by atoms with Gasteiger partial charge in [-0.2, -0.15) is 0 Å². The van der Waals surface area contributed by atoms with Gasteiger partial charge in [0, 0.05) is 12.5 Å². The fourth-order valence-electron chi connectivity index (χ4n) is 0.258. The molecule has 0 aliphatic rings. The van der Waals surface area contributed by atoms with E-state index in [9.17, 15) is 14.4 Å². The summed E-state index contributed by atoms with van der Waals surface area (Å²) in [7, 11) is 0. The third kappa shape index (κ3) is 18.0. The second-order valence-corrected chi connectivity index (χ2v) is 2.63. The molecule has 5 nitrogen and oxygen atoms in total. The summed E-state index contributed by atoms with van der Waals surface area (Å²) in [5, 5.41) is 15.9. The first kappa shape index (κ1) is 14.2. The van der Waals surface area contributed by atoms with Crippen LogP contribution in [0.4, 0.5) is 0 Å². The lowest BCUT2D eigenvalue weighted by Gasteiger charge is -1.91.